The second-order valence-electron chi connectivity index (χ2n) is 5.47. The number of nitrogens with zero attached hydrogens (tertiary/aromatic N) is 2. The standard InChI is InChI=1S/C19H17N3/c1-2-5-15(6-3-1)12-20-13-16-8-9-19-18(11-16)21-14-17-7-4-10-22(17)19/h1-11,14,20H,12-13H2. The zero-order valence-electron chi connectivity index (χ0n) is 12.2. The Morgan fingerprint density at radius 1 is 0.864 bits per heavy atom. The van der Waals surface area contributed by atoms with Gasteiger partial charge in [0.05, 0.1) is 22.7 Å². The van der Waals surface area contributed by atoms with E-state index in [0.29, 0.717) is 0 Å². The van der Waals surface area contributed by atoms with E-state index < -0.39 is 0 Å². The maximum absolute atomic E-state index is 4.56. The van der Waals surface area contributed by atoms with Crippen LogP contribution < -0.4 is 5.32 Å². The van der Waals surface area contributed by atoms with Crippen LogP contribution in [0.1, 0.15) is 11.1 Å². The summed E-state index contributed by atoms with van der Waals surface area (Å²) >= 11 is 0. The Morgan fingerprint density at radius 3 is 2.64 bits per heavy atom. The highest BCUT2D eigenvalue weighted by atomic mass is 14.9. The van der Waals surface area contributed by atoms with Crippen LogP contribution in [0.4, 0.5) is 0 Å². The zero-order chi connectivity index (χ0) is 14.8. The number of fused-ring (bicyclic) bond motifs is 3. The molecule has 0 saturated heterocycles. The van der Waals surface area contributed by atoms with Gasteiger partial charge in [0.25, 0.3) is 0 Å². The van der Waals surface area contributed by atoms with Crippen molar-refractivity contribution in [3.8, 4) is 0 Å². The van der Waals surface area contributed by atoms with Crippen molar-refractivity contribution in [2.75, 3.05) is 0 Å². The molecule has 2 aromatic carbocycles. The molecule has 0 atom stereocenters. The van der Waals surface area contributed by atoms with Gasteiger partial charge in [0, 0.05) is 19.3 Å². The number of hydrogen-bond donors (Lipinski definition) is 1. The van der Waals surface area contributed by atoms with Gasteiger partial charge in [0.15, 0.2) is 0 Å². The molecule has 3 heteroatoms. The number of aromatic nitrogens is 2. The summed E-state index contributed by atoms with van der Waals surface area (Å²) < 4.78 is 2.17. The van der Waals surface area contributed by atoms with Gasteiger partial charge in [0.1, 0.15) is 0 Å². The summed E-state index contributed by atoms with van der Waals surface area (Å²) in [4.78, 5) is 4.56. The Labute approximate surface area is 129 Å². The molecule has 2 aromatic heterocycles. The van der Waals surface area contributed by atoms with Crippen LogP contribution in [-0.4, -0.2) is 9.38 Å². The first kappa shape index (κ1) is 13.0. The Bertz CT molecular complexity index is 910. The molecule has 0 aliphatic heterocycles. The molecule has 1 N–H and O–H groups in total. The zero-order valence-corrected chi connectivity index (χ0v) is 12.2. The van der Waals surface area contributed by atoms with Crippen LogP contribution in [0.2, 0.25) is 0 Å². The summed E-state index contributed by atoms with van der Waals surface area (Å²) in [5.41, 5.74) is 5.86. The van der Waals surface area contributed by atoms with Crippen LogP contribution in [0.5, 0.6) is 0 Å². The summed E-state index contributed by atoms with van der Waals surface area (Å²) in [5, 5.41) is 3.48. The minimum absolute atomic E-state index is 0.843. The summed E-state index contributed by atoms with van der Waals surface area (Å²) in [7, 11) is 0. The van der Waals surface area contributed by atoms with E-state index in [4.69, 9.17) is 0 Å². The van der Waals surface area contributed by atoms with Crippen LogP contribution in [0, 0.1) is 0 Å². The highest BCUT2D eigenvalue weighted by molar-refractivity contribution is 5.78. The van der Waals surface area contributed by atoms with Gasteiger partial charge >= 0.3 is 0 Å². The van der Waals surface area contributed by atoms with E-state index >= 15 is 0 Å². The predicted octanol–water partition coefficient (Wildman–Crippen LogP) is 3.78. The fourth-order valence-electron chi connectivity index (χ4n) is 2.79. The maximum atomic E-state index is 4.56. The molecule has 0 bridgehead atoms. The molecule has 0 aliphatic rings. The highest BCUT2D eigenvalue weighted by Gasteiger charge is 2.02. The van der Waals surface area contributed by atoms with Gasteiger partial charge in [-0.3, -0.25) is 4.98 Å². The van der Waals surface area contributed by atoms with E-state index in [1.807, 2.05) is 18.3 Å². The van der Waals surface area contributed by atoms with E-state index in [9.17, 15) is 0 Å². The van der Waals surface area contributed by atoms with Gasteiger partial charge in [0.2, 0.25) is 0 Å². The van der Waals surface area contributed by atoms with Crippen molar-refractivity contribution in [3.63, 3.8) is 0 Å². The number of nitrogens with one attached hydrogen (secondary N) is 1. The number of rotatable bonds is 4. The molecule has 0 aliphatic carbocycles. The lowest BCUT2D eigenvalue weighted by atomic mass is 10.1. The minimum Gasteiger partial charge on any atom is -0.314 e. The summed E-state index contributed by atoms with van der Waals surface area (Å²) in [6.07, 6.45) is 4.00. The minimum atomic E-state index is 0.843. The lowest BCUT2D eigenvalue weighted by molar-refractivity contribution is 0.694. The fourth-order valence-corrected chi connectivity index (χ4v) is 2.79. The molecule has 0 spiro atoms. The van der Waals surface area contributed by atoms with Crippen molar-refractivity contribution in [2.45, 2.75) is 13.1 Å². The molecule has 0 saturated carbocycles. The van der Waals surface area contributed by atoms with E-state index in [1.54, 1.807) is 0 Å². The number of benzene rings is 2. The van der Waals surface area contributed by atoms with E-state index in [1.165, 1.54) is 11.1 Å². The predicted molar refractivity (Wildman–Crippen MR) is 89.7 cm³/mol. The van der Waals surface area contributed by atoms with Crippen molar-refractivity contribution >= 4 is 16.6 Å². The molecule has 3 nitrogen and oxygen atoms in total. The second-order valence-corrected chi connectivity index (χ2v) is 5.47. The average Bonchev–Trinajstić information content (AvgIpc) is 3.04. The van der Waals surface area contributed by atoms with Gasteiger partial charge in [-0.25, -0.2) is 0 Å². The van der Waals surface area contributed by atoms with Crippen LogP contribution in [0.25, 0.3) is 16.6 Å². The SMILES string of the molecule is c1ccc(CNCc2ccc3c(c2)ncc2cccn23)cc1. The Kier molecular flexibility index (Phi) is 3.33. The Hall–Kier alpha value is -2.65. The van der Waals surface area contributed by atoms with Crippen LogP contribution in [0.3, 0.4) is 0 Å². The first-order chi connectivity index (χ1) is 10.9. The third kappa shape index (κ3) is 2.47. The largest absolute Gasteiger partial charge is 0.314 e. The van der Waals surface area contributed by atoms with Gasteiger partial charge in [-0.1, -0.05) is 36.4 Å². The summed E-state index contributed by atoms with van der Waals surface area (Å²) in [6.45, 7) is 1.72. The number of hydrogen-bond acceptors (Lipinski definition) is 2. The molecular formula is C19H17N3. The monoisotopic (exact) mass is 287 g/mol. The lowest BCUT2D eigenvalue weighted by Gasteiger charge is -2.07. The van der Waals surface area contributed by atoms with Crippen molar-refractivity contribution in [2.24, 2.45) is 0 Å². The van der Waals surface area contributed by atoms with Crippen LogP contribution in [0.15, 0.2) is 73.1 Å². The van der Waals surface area contributed by atoms with E-state index in [-0.39, 0.29) is 0 Å². The molecule has 22 heavy (non-hydrogen) atoms. The topological polar surface area (TPSA) is 29.3 Å². The Morgan fingerprint density at radius 2 is 1.73 bits per heavy atom. The average molecular weight is 287 g/mol. The quantitative estimate of drug-likeness (QED) is 0.619. The van der Waals surface area contributed by atoms with E-state index in [0.717, 1.165) is 29.6 Å². The normalized spacial score (nSPS) is 11.3. The van der Waals surface area contributed by atoms with Crippen molar-refractivity contribution in [1.29, 1.82) is 0 Å². The van der Waals surface area contributed by atoms with Gasteiger partial charge in [-0.05, 0) is 35.4 Å². The molecule has 2 heterocycles. The fraction of sp³-hybridized carbons (Fsp3) is 0.105. The smallest absolute Gasteiger partial charge is 0.0874 e. The Balaban J connectivity index is 1.54. The molecule has 4 rings (SSSR count). The molecule has 4 aromatic rings. The second kappa shape index (κ2) is 5.62. The van der Waals surface area contributed by atoms with Gasteiger partial charge < -0.3 is 9.72 Å². The van der Waals surface area contributed by atoms with Gasteiger partial charge in [-0.2, -0.15) is 0 Å². The van der Waals surface area contributed by atoms with Gasteiger partial charge in [-0.15, -0.1) is 0 Å². The van der Waals surface area contributed by atoms with Crippen LogP contribution >= 0.6 is 0 Å². The van der Waals surface area contributed by atoms with E-state index in [2.05, 4.69) is 69.4 Å². The highest BCUT2D eigenvalue weighted by Crippen LogP contribution is 2.17. The maximum Gasteiger partial charge on any atom is 0.0874 e. The summed E-state index contributed by atoms with van der Waals surface area (Å²) in [6, 6.07) is 21.0. The molecule has 0 unspecified atom stereocenters. The molecule has 0 radical (unpaired) electrons. The molecule has 108 valence electrons. The first-order valence-corrected chi connectivity index (χ1v) is 7.49. The first-order valence-electron chi connectivity index (χ1n) is 7.49. The van der Waals surface area contributed by atoms with Crippen molar-refractivity contribution < 1.29 is 0 Å². The van der Waals surface area contributed by atoms with Crippen molar-refractivity contribution in [3.05, 3.63) is 84.2 Å². The van der Waals surface area contributed by atoms with Crippen molar-refractivity contribution in [1.82, 2.24) is 14.7 Å². The lowest BCUT2D eigenvalue weighted by Crippen LogP contribution is -2.12. The third-order valence-corrected chi connectivity index (χ3v) is 3.92. The van der Waals surface area contributed by atoms with Crippen LogP contribution in [-0.2, 0) is 13.1 Å². The molecule has 0 amide bonds. The third-order valence-electron chi connectivity index (χ3n) is 3.92. The summed E-state index contributed by atoms with van der Waals surface area (Å²) in [5.74, 6) is 0. The molecular weight excluding hydrogens is 270 g/mol. The molecule has 0 fully saturated rings.